The Labute approximate surface area is 106 Å². The van der Waals surface area contributed by atoms with Crippen molar-refractivity contribution in [3.05, 3.63) is 30.1 Å². The zero-order valence-corrected chi connectivity index (χ0v) is 10.3. The van der Waals surface area contributed by atoms with Crippen molar-refractivity contribution >= 4 is 11.6 Å². The van der Waals surface area contributed by atoms with Gasteiger partial charge in [0.2, 0.25) is 5.91 Å². The van der Waals surface area contributed by atoms with Crippen LogP contribution in [0.25, 0.3) is 0 Å². The van der Waals surface area contributed by atoms with Crippen LogP contribution in [0.1, 0.15) is 6.42 Å². The van der Waals surface area contributed by atoms with Crippen molar-refractivity contribution < 1.29 is 9.18 Å². The van der Waals surface area contributed by atoms with Gasteiger partial charge >= 0.3 is 0 Å². The molecule has 1 fully saturated rings. The average molecular weight is 251 g/mol. The van der Waals surface area contributed by atoms with Crippen molar-refractivity contribution in [1.29, 1.82) is 0 Å². The lowest BCUT2D eigenvalue weighted by Crippen LogP contribution is -2.47. The van der Waals surface area contributed by atoms with E-state index in [9.17, 15) is 9.18 Å². The summed E-state index contributed by atoms with van der Waals surface area (Å²) >= 11 is 0. The predicted octanol–water partition coefficient (Wildman–Crippen LogP) is 0.823. The minimum Gasteiger partial charge on any atom is -0.370 e. The predicted molar refractivity (Wildman–Crippen MR) is 68.9 cm³/mol. The van der Waals surface area contributed by atoms with Gasteiger partial charge in [-0.25, -0.2) is 4.39 Å². The summed E-state index contributed by atoms with van der Waals surface area (Å²) in [6.07, 6.45) is 0.413. The number of halogens is 1. The van der Waals surface area contributed by atoms with Crippen LogP contribution in [-0.2, 0) is 4.79 Å². The van der Waals surface area contributed by atoms with E-state index in [1.165, 1.54) is 12.1 Å². The summed E-state index contributed by atoms with van der Waals surface area (Å²) in [5.41, 5.74) is 6.18. The molecule has 1 saturated heterocycles. The molecule has 1 amide bonds. The summed E-state index contributed by atoms with van der Waals surface area (Å²) in [5, 5.41) is 0. The van der Waals surface area contributed by atoms with Gasteiger partial charge in [0.1, 0.15) is 5.82 Å². The second-order valence-electron chi connectivity index (χ2n) is 4.52. The summed E-state index contributed by atoms with van der Waals surface area (Å²) in [5.74, 6) is -0.463. The first-order chi connectivity index (χ1) is 8.65. The van der Waals surface area contributed by atoms with Gasteiger partial charge in [-0.2, -0.15) is 0 Å². The molecule has 0 saturated carbocycles. The highest BCUT2D eigenvalue weighted by molar-refractivity contribution is 5.73. The van der Waals surface area contributed by atoms with E-state index in [2.05, 4.69) is 9.80 Å². The van der Waals surface area contributed by atoms with Crippen molar-refractivity contribution in [3.8, 4) is 0 Å². The number of carbonyl (C=O) groups excluding carboxylic acids is 1. The molecule has 5 heteroatoms. The molecule has 0 radical (unpaired) electrons. The summed E-state index contributed by atoms with van der Waals surface area (Å²) < 4.78 is 12.8. The molecule has 2 N–H and O–H groups in total. The normalized spacial score (nSPS) is 16.8. The van der Waals surface area contributed by atoms with Crippen LogP contribution >= 0.6 is 0 Å². The molecule has 0 bridgehead atoms. The fraction of sp³-hybridized carbons (Fsp3) is 0.462. The zero-order chi connectivity index (χ0) is 13.0. The van der Waals surface area contributed by atoms with Crippen molar-refractivity contribution in [1.82, 2.24) is 4.90 Å². The third-order valence-corrected chi connectivity index (χ3v) is 3.24. The molecule has 1 aliphatic rings. The topological polar surface area (TPSA) is 49.6 Å². The van der Waals surface area contributed by atoms with Crippen LogP contribution in [0.4, 0.5) is 10.1 Å². The molecule has 2 rings (SSSR count). The molecule has 0 aromatic heterocycles. The van der Waals surface area contributed by atoms with Gasteiger partial charge in [-0.3, -0.25) is 9.69 Å². The van der Waals surface area contributed by atoms with E-state index in [-0.39, 0.29) is 11.7 Å². The van der Waals surface area contributed by atoms with E-state index in [1.54, 1.807) is 12.1 Å². The molecule has 0 aliphatic carbocycles. The minimum absolute atomic E-state index is 0.209. The molecule has 4 nitrogen and oxygen atoms in total. The van der Waals surface area contributed by atoms with Gasteiger partial charge in [-0.1, -0.05) is 0 Å². The Morgan fingerprint density at radius 2 is 1.78 bits per heavy atom. The molecule has 0 spiro atoms. The maximum absolute atomic E-state index is 12.8. The van der Waals surface area contributed by atoms with E-state index < -0.39 is 0 Å². The molecule has 0 unspecified atom stereocenters. The number of nitrogens with two attached hydrogens (primary N) is 1. The highest BCUT2D eigenvalue weighted by atomic mass is 19.1. The molecule has 0 atom stereocenters. The Balaban J connectivity index is 1.83. The number of hydrogen-bond donors (Lipinski definition) is 1. The molecular weight excluding hydrogens is 233 g/mol. The SMILES string of the molecule is NC(=O)CCN1CCN(c2ccc(F)cc2)CC1. The fourth-order valence-electron chi connectivity index (χ4n) is 2.15. The Morgan fingerprint density at radius 1 is 1.17 bits per heavy atom. The van der Waals surface area contributed by atoms with Gasteiger partial charge in [-0.05, 0) is 24.3 Å². The van der Waals surface area contributed by atoms with Crippen LogP contribution in [0.2, 0.25) is 0 Å². The Kier molecular flexibility index (Phi) is 4.15. The first kappa shape index (κ1) is 12.8. The lowest BCUT2D eigenvalue weighted by atomic mass is 10.2. The summed E-state index contributed by atoms with van der Waals surface area (Å²) in [4.78, 5) is 15.2. The Hall–Kier alpha value is -1.62. The maximum Gasteiger partial charge on any atom is 0.218 e. The second kappa shape index (κ2) is 5.82. The molecule has 1 aromatic rings. The van der Waals surface area contributed by atoms with Crippen LogP contribution in [0.3, 0.4) is 0 Å². The number of nitrogens with zero attached hydrogens (tertiary/aromatic N) is 2. The molecular formula is C13H18FN3O. The highest BCUT2D eigenvalue weighted by Gasteiger charge is 2.17. The number of carbonyl (C=O) groups is 1. The monoisotopic (exact) mass is 251 g/mol. The van der Waals surface area contributed by atoms with Crippen molar-refractivity contribution in [3.63, 3.8) is 0 Å². The number of benzene rings is 1. The van der Waals surface area contributed by atoms with Crippen LogP contribution in [-0.4, -0.2) is 43.5 Å². The van der Waals surface area contributed by atoms with Crippen LogP contribution in [0.15, 0.2) is 24.3 Å². The van der Waals surface area contributed by atoms with E-state index in [0.29, 0.717) is 6.42 Å². The number of piperazine rings is 1. The average Bonchev–Trinajstić information content (AvgIpc) is 2.38. The fourth-order valence-corrected chi connectivity index (χ4v) is 2.15. The van der Waals surface area contributed by atoms with Crippen LogP contribution < -0.4 is 10.6 Å². The van der Waals surface area contributed by atoms with Crippen molar-refractivity contribution in [2.75, 3.05) is 37.6 Å². The third-order valence-electron chi connectivity index (χ3n) is 3.24. The van der Waals surface area contributed by atoms with Gasteiger partial charge in [0.15, 0.2) is 0 Å². The Bertz CT molecular complexity index is 399. The molecule has 1 aromatic carbocycles. The summed E-state index contributed by atoms with van der Waals surface area (Å²) in [6.45, 7) is 4.33. The first-order valence-corrected chi connectivity index (χ1v) is 6.16. The van der Waals surface area contributed by atoms with E-state index >= 15 is 0 Å². The van der Waals surface area contributed by atoms with Gasteiger partial charge in [0.25, 0.3) is 0 Å². The highest BCUT2D eigenvalue weighted by Crippen LogP contribution is 2.16. The first-order valence-electron chi connectivity index (χ1n) is 6.16. The van der Waals surface area contributed by atoms with E-state index in [1.807, 2.05) is 0 Å². The lowest BCUT2D eigenvalue weighted by molar-refractivity contribution is -0.118. The molecule has 1 heterocycles. The smallest absolute Gasteiger partial charge is 0.218 e. The number of anilines is 1. The van der Waals surface area contributed by atoms with Crippen molar-refractivity contribution in [2.45, 2.75) is 6.42 Å². The summed E-state index contributed by atoms with van der Waals surface area (Å²) in [6, 6.07) is 6.56. The standard InChI is InChI=1S/C13H18FN3O/c14-11-1-3-12(4-2-11)17-9-7-16(8-10-17)6-5-13(15)18/h1-4H,5-10H2,(H2,15,18). The Morgan fingerprint density at radius 3 is 2.33 bits per heavy atom. The number of rotatable bonds is 4. The van der Waals surface area contributed by atoms with Crippen molar-refractivity contribution in [2.24, 2.45) is 5.73 Å². The van der Waals surface area contributed by atoms with Crippen LogP contribution in [0, 0.1) is 5.82 Å². The van der Waals surface area contributed by atoms with Gasteiger partial charge < -0.3 is 10.6 Å². The maximum atomic E-state index is 12.8. The third kappa shape index (κ3) is 3.43. The molecule has 18 heavy (non-hydrogen) atoms. The molecule has 1 aliphatic heterocycles. The quantitative estimate of drug-likeness (QED) is 0.862. The van der Waals surface area contributed by atoms with Gasteiger partial charge in [0, 0.05) is 44.8 Å². The van der Waals surface area contributed by atoms with Gasteiger partial charge in [0.05, 0.1) is 0 Å². The lowest BCUT2D eigenvalue weighted by Gasteiger charge is -2.35. The molecule has 98 valence electrons. The minimum atomic E-state index is -0.254. The van der Waals surface area contributed by atoms with E-state index in [0.717, 1.165) is 38.4 Å². The summed E-state index contributed by atoms with van der Waals surface area (Å²) in [7, 11) is 0. The largest absolute Gasteiger partial charge is 0.370 e. The van der Waals surface area contributed by atoms with Crippen LogP contribution in [0.5, 0.6) is 0 Å². The number of amides is 1. The van der Waals surface area contributed by atoms with Gasteiger partial charge in [-0.15, -0.1) is 0 Å². The second-order valence-corrected chi connectivity index (χ2v) is 4.52. The number of hydrogen-bond acceptors (Lipinski definition) is 3. The zero-order valence-electron chi connectivity index (χ0n) is 10.3. The van der Waals surface area contributed by atoms with E-state index in [4.69, 9.17) is 5.73 Å². The number of primary amides is 1.